The highest BCUT2D eigenvalue weighted by molar-refractivity contribution is 6.30. The van der Waals surface area contributed by atoms with E-state index in [9.17, 15) is 4.79 Å². The summed E-state index contributed by atoms with van der Waals surface area (Å²) in [5.74, 6) is 0.268. The summed E-state index contributed by atoms with van der Waals surface area (Å²) in [4.78, 5) is 15.0. The largest absolute Gasteiger partial charge is 0.379 e. The monoisotopic (exact) mass is 295 g/mol. The normalized spacial score (nSPS) is 19.6. The van der Waals surface area contributed by atoms with Crippen LogP contribution < -0.4 is 0 Å². The molecule has 1 aromatic carbocycles. The standard InChI is InChI=1S/C16H22ClNO2/c1-3-16(2,18-8-10-20-11-9-18)15(19)12-13-4-6-14(17)7-5-13/h4-7H,3,8-12H2,1-2H3. The van der Waals surface area contributed by atoms with E-state index in [0.717, 1.165) is 25.1 Å². The highest BCUT2D eigenvalue weighted by Crippen LogP contribution is 2.24. The maximum absolute atomic E-state index is 12.7. The summed E-state index contributed by atoms with van der Waals surface area (Å²) in [5, 5.41) is 0.702. The maximum Gasteiger partial charge on any atom is 0.157 e. The molecule has 0 bridgehead atoms. The molecule has 1 atom stereocenters. The van der Waals surface area contributed by atoms with Crippen molar-refractivity contribution in [2.24, 2.45) is 0 Å². The molecule has 1 aliphatic heterocycles. The van der Waals surface area contributed by atoms with Crippen molar-refractivity contribution in [2.45, 2.75) is 32.2 Å². The molecule has 4 heteroatoms. The molecule has 1 unspecified atom stereocenters. The first-order chi connectivity index (χ1) is 9.56. The molecule has 0 spiro atoms. The molecule has 0 radical (unpaired) electrons. The van der Waals surface area contributed by atoms with Gasteiger partial charge in [0.25, 0.3) is 0 Å². The van der Waals surface area contributed by atoms with Crippen molar-refractivity contribution in [3.05, 3.63) is 34.9 Å². The number of ketones is 1. The predicted octanol–water partition coefficient (Wildman–Crippen LogP) is 2.95. The van der Waals surface area contributed by atoms with Gasteiger partial charge in [-0.1, -0.05) is 30.7 Å². The van der Waals surface area contributed by atoms with Crippen LogP contribution in [0.15, 0.2) is 24.3 Å². The fourth-order valence-corrected chi connectivity index (χ4v) is 2.76. The summed E-state index contributed by atoms with van der Waals surface area (Å²) >= 11 is 5.88. The molecule has 2 rings (SSSR count). The molecule has 20 heavy (non-hydrogen) atoms. The lowest BCUT2D eigenvalue weighted by Gasteiger charge is -2.41. The number of ether oxygens (including phenoxy) is 1. The van der Waals surface area contributed by atoms with E-state index in [4.69, 9.17) is 16.3 Å². The number of nitrogens with zero attached hydrogens (tertiary/aromatic N) is 1. The van der Waals surface area contributed by atoms with Gasteiger partial charge < -0.3 is 4.74 Å². The lowest BCUT2D eigenvalue weighted by Crippen LogP contribution is -2.56. The molecule has 0 saturated carbocycles. The van der Waals surface area contributed by atoms with Crippen molar-refractivity contribution in [2.75, 3.05) is 26.3 Å². The van der Waals surface area contributed by atoms with E-state index in [1.165, 1.54) is 0 Å². The molecule has 0 N–H and O–H groups in total. The van der Waals surface area contributed by atoms with Crippen molar-refractivity contribution in [3.8, 4) is 0 Å². The van der Waals surface area contributed by atoms with Crippen LogP contribution in [0.5, 0.6) is 0 Å². The van der Waals surface area contributed by atoms with E-state index in [2.05, 4.69) is 18.7 Å². The molecule has 1 heterocycles. The molecule has 0 aliphatic carbocycles. The zero-order valence-corrected chi connectivity index (χ0v) is 12.9. The van der Waals surface area contributed by atoms with E-state index in [0.29, 0.717) is 24.7 Å². The highest BCUT2D eigenvalue weighted by atomic mass is 35.5. The topological polar surface area (TPSA) is 29.5 Å². The van der Waals surface area contributed by atoms with Crippen molar-refractivity contribution < 1.29 is 9.53 Å². The summed E-state index contributed by atoms with van der Waals surface area (Å²) in [7, 11) is 0. The van der Waals surface area contributed by atoms with Crippen LogP contribution in [0.4, 0.5) is 0 Å². The summed E-state index contributed by atoms with van der Waals surface area (Å²) in [6.45, 7) is 7.22. The van der Waals surface area contributed by atoms with Crippen LogP contribution in [-0.2, 0) is 16.0 Å². The van der Waals surface area contributed by atoms with Crippen molar-refractivity contribution in [1.82, 2.24) is 4.90 Å². The molecular formula is C16H22ClNO2. The molecule has 1 aromatic rings. The molecule has 110 valence electrons. The number of hydrogen-bond donors (Lipinski definition) is 0. The van der Waals surface area contributed by atoms with Crippen LogP contribution in [0.1, 0.15) is 25.8 Å². The smallest absolute Gasteiger partial charge is 0.157 e. The van der Waals surface area contributed by atoms with E-state index in [-0.39, 0.29) is 5.78 Å². The average Bonchev–Trinajstić information content (AvgIpc) is 2.49. The second-order valence-corrected chi connectivity index (χ2v) is 5.89. The Balaban J connectivity index is 2.09. The van der Waals surface area contributed by atoms with Crippen molar-refractivity contribution in [3.63, 3.8) is 0 Å². The molecule has 0 amide bonds. The summed E-state index contributed by atoms with van der Waals surface area (Å²) in [6.07, 6.45) is 1.28. The van der Waals surface area contributed by atoms with Gasteiger partial charge in [-0.2, -0.15) is 0 Å². The van der Waals surface area contributed by atoms with Gasteiger partial charge in [-0.05, 0) is 31.0 Å². The van der Waals surface area contributed by atoms with E-state index in [1.54, 1.807) is 0 Å². The van der Waals surface area contributed by atoms with Crippen LogP contribution in [0.2, 0.25) is 5.02 Å². The SMILES string of the molecule is CCC(C)(C(=O)Cc1ccc(Cl)cc1)N1CCOCC1. The highest BCUT2D eigenvalue weighted by Gasteiger charge is 2.37. The number of carbonyl (C=O) groups is 1. The number of Topliss-reactive ketones (excluding diaryl/α,β-unsaturated/α-hetero) is 1. The molecule has 3 nitrogen and oxygen atoms in total. The first kappa shape index (κ1) is 15.5. The fraction of sp³-hybridized carbons (Fsp3) is 0.562. The Morgan fingerprint density at radius 1 is 1.30 bits per heavy atom. The number of halogens is 1. The van der Waals surface area contributed by atoms with Gasteiger partial charge in [0.2, 0.25) is 0 Å². The number of hydrogen-bond acceptors (Lipinski definition) is 3. The minimum atomic E-state index is -0.399. The fourth-order valence-electron chi connectivity index (χ4n) is 2.63. The number of benzene rings is 1. The molecular weight excluding hydrogens is 274 g/mol. The van der Waals surface area contributed by atoms with Gasteiger partial charge in [-0.3, -0.25) is 9.69 Å². The summed E-state index contributed by atoms with van der Waals surface area (Å²) in [6, 6.07) is 7.52. The van der Waals surface area contributed by atoms with Crippen LogP contribution in [0.3, 0.4) is 0 Å². The van der Waals surface area contributed by atoms with Gasteiger partial charge in [-0.15, -0.1) is 0 Å². The van der Waals surface area contributed by atoms with Gasteiger partial charge >= 0.3 is 0 Å². The van der Waals surface area contributed by atoms with Gasteiger partial charge in [0.15, 0.2) is 5.78 Å². The Kier molecular flexibility index (Phi) is 5.19. The maximum atomic E-state index is 12.7. The average molecular weight is 296 g/mol. The second-order valence-electron chi connectivity index (χ2n) is 5.45. The van der Waals surface area contributed by atoms with Crippen LogP contribution in [0, 0.1) is 0 Å². The zero-order chi connectivity index (χ0) is 14.6. The van der Waals surface area contributed by atoms with Crippen molar-refractivity contribution >= 4 is 17.4 Å². The van der Waals surface area contributed by atoms with Crippen LogP contribution in [0.25, 0.3) is 0 Å². The molecule has 1 saturated heterocycles. The van der Waals surface area contributed by atoms with E-state index < -0.39 is 5.54 Å². The minimum absolute atomic E-state index is 0.268. The first-order valence-corrected chi connectivity index (χ1v) is 7.54. The lowest BCUT2D eigenvalue weighted by molar-refractivity contribution is -0.133. The number of carbonyl (C=O) groups excluding carboxylic acids is 1. The number of rotatable bonds is 5. The Morgan fingerprint density at radius 3 is 2.45 bits per heavy atom. The Labute approximate surface area is 125 Å². The van der Waals surface area contributed by atoms with Gasteiger partial charge in [-0.25, -0.2) is 0 Å². The van der Waals surface area contributed by atoms with Crippen molar-refractivity contribution in [1.29, 1.82) is 0 Å². The molecule has 0 aromatic heterocycles. The Morgan fingerprint density at radius 2 is 1.90 bits per heavy atom. The molecule has 1 fully saturated rings. The number of morpholine rings is 1. The second kappa shape index (κ2) is 6.70. The van der Waals surface area contributed by atoms with Crippen LogP contribution in [-0.4, -0.2) is 42.5 Å². The van der Waals surface area contributed by atoms with Gasteiger partial charge in [0.05, 0.1) is 18.8 Å². The third kappa shape index (κ3) is 3.40. The van der Waals surface area contributed by atoms with E-state index >= 15 is 0 Å². The van der Waals surface area contributed by atoms with Gasteiger partial charge in [0, 0.05) is 24.5 Å². The lowest BCUT2D eigenvalue weighted by atomic mass is 9.87. The zero-order valence-electron chi connectivity index (χ0n) is 12.2. The third-order valence-corrected chi connectivity index (χ3v) is 4.53. The minimum Gasteiger partial charge on any atom is -0.379 e. The Bertz CT molecular complexity index is 454. The Hall–Kier alpha value is -0.900. The van der Waals surface area contributed by atoms with E-state index in [1.807, 2.05) is 24.3 Å². The first-order valence-electron chi connectivity index (χ1n) is 7.17. The summed E-state index contributed by atoms with van der Waals surface area (Å²) < 4.78 is 5.38. The van der Waals surface area contributed by atoms with Gasteiger partial charge in [0.1, 0.15) is 0 Å². The molecule has 1 aliphatic rings. The third-order valence-electron chi connectivity index (χ3n) is 4.28. The predicted molar refractivity (Wildman–Crippen MR) is 81.3 cm³/mol. The summed E-state index contributed by atoms with van der Waals surface area (Å²) in [5.41, 5.74) is 0.621. The quantitative estimate of drug-likeness (QED) is 0.836. The van der Waals surface area contributed by atoms with Crippen LogP contribution >= 0.6 is 11.6 Å².